The maximum atomic E-state index is 12.6. The maximum Gasteiger partial charge on any atom is 0.234 e. The van der Waals surface area contributed by atoms with Crippen LogP contribution in [0, 0.1) is 27.7 Å². The third-order valence-corrected chi connectivity index (χ3v) is 6.39. The van der Waals surface area contributed by atoms with Crippen molar-refractivity contribution in [2.45, 2.75) is 45.8 Å². The van der Waals surface area contributed by atoms with E-state index in [1.807, 2.05) is 68.7 Å². The van der Waals surface area contributed by atoms with Gasteiger partial charge in [0.2, 0.25) is 11.8 Å². The Morgan fingerprint density at radius 3 is 2.52 bits per heavy atom. The molecular weight excluding hydrogens is 434 g/mol. The van der Waals surface area contributed by atoms with Crippen LogP contribution in [0.2, 0.25) is 0 Å². The molecule has 0 aliphatic heterocycles. The lowest BCUT2D eigenvalue weighted by Crippen LogP contribution is -2.18. The predicted molar refractivity (Wildman–Crippen MR) is 134 cm³/mol. The van der Waals surface area contributed by atoms with Gasteiger partial charge in [0.1, 0.15) is 5.82 Å². The summed E-state index contributed by atoms with van der Waals surface area (Å²) >= 11 is 1.28. The molecule has 0 unspecified atom stereocenters. The van der Waals surface area contributed by atoms with Crippen molar-refractivity contribution in [3.05, 3.63) is 77.1 Å². The molecule has 33 heavy (non-hydrogen) atoms. The number of anilines is 2. The number of amides is 2. The molecule has 2 N–H and O–H groups in total. The molecule has 0 bridgehead atoms. The van der Waals surface area contributed by atoms with Crippen LogP contribution in [0.1, 0.15) is 28.1 Å². The first-order valence-corrected chi connectivity index (χ1v) is 11.7. The highest BCUT2D eigenvalue weighted by Gasteiger charge is 2.17. The van der Waals surface area contributed by atoms with Crippen LogP contribution < -0.4 is 10.6 Å². The summed E-state index contributed by atoms with van der Waals surface area (Å²) in [6.07, 6.45) is 1.79. The fourth-order valence-electron chi connectivity index (χ4n) is 3.24. The molecule has 0 fully saturated rings. The van der Waals surface area contributed by atoms with E-state index in [0.29, 0.717) is 17.5 Å². The Bertz CT molecular complexity index is 1190. The quantitative estimate of drug-likeness (QED) is 0.357. The van der Waals surface area contributed by atoms with Gasteiger partial charge in [-0.2, -0.15) is 0 Å². The molecule has 172 valence electrons. The van der Waals surface area contributed by atoms with Gasteiger partial charge in [-0.25, -0.2) is 0 Å². The summed E-state index contributed by atoms with van der Waals surface area (Å²) in [6, 6.07) is 11.6. The summed E-state index contributed by atoms with van der Waals surface area (Å²) in [5.74, 6) is 0.391. The Kier molecular flexibility index (Phi) is 8.06. The van der Waals surface area contributed by atoms with E-state index in [4.69, 9.17) is 0 Å². The molecule has 3 rings (SSSR count). The Balaban J connectivity index is 1.64. The predicted octanol–water partition coefficient (Wildman–Crippen LogP) is 4.61. The number of benzene rings is 2. The SMILES string of the molecule is C=CCn1c(CC(=O)Nc2ccc(C)c(C)c2)nnc1SCC(=O)Nc1cccc(C)c1C. The van der Waals surface area contributed by atoms with E-state index in [9.17, 15) is 9.59 Å². The van der Waals surface area contributed by atoms with E-state index in [2.05, 4.69) is 27.4 Å². The van der Waals surface area contributed by atoms with Crippen LogP contribution in [0.4, 0.5) is 11.4 Å². The number of aryl methyl sites for hydroxylation is 3. The normalized spacial score (nSPS) is 10.7. The van der Waals surface area contributed by atoms with E-state index >= 15 is 0 Å². The molecule has 0 aliphatic carbocycles. The second-order valence-electron chi connectivity index (χ2n) is 7.91. The van der Waals surface area contributed by atoms with Gasteiger partial charge < -0.3 is 15.2 Å². The molecular formula is C25H29N5O2S. The van der Waals surface area contributed by atoms with Gasteiger partial charge in [0.25, 0.3) is 0 Å². The van der Waals surface area contributed by atoms with Gasteiger partial charge in [0, 0.05) is 17.9 Å². The van der Waals surface area contributed by atoms with E-state index in [-0.39, 0.29) is 24.0 Å². The molecule has 0 saturated carbocycles. The number of nitrogens with one attached hydrogen (secondary N) is 2. The van der Waals surface area contributed by atoms with Gasteiger partial charge in [-0.1, -0.05) is 36.0 Å². The van der Waals surface area contributed by atoms with Gasteiger partial charge in [0.05, 0.1) is 12.2 Å². The lowest BCUT2D eigenvalue weighted by Gasteiger charge is -2.11. The highest BCUT2D eigenvalue weighted by Crippen LogP contribution is 2.21. The van der Waals surface area contributed by atoms with Crippen molar-refractivity contribution in [3.8, 4) is 0 Å². The van der Waals surface area contributed by atoms with Crippen molar-refractivity contribution < 1.29 is 9.59 Å². The van der Waals surface area contributed by atoms with E-state index in [0.717, 1.165) is 28.1 Å². The summed E-state index contributed by atoms with van der Waals surface area (Å²) in [4.78, 5) is 25.1. The van der Waals surface area contributed by atoms with Crippen LogP contribution in [0.3, 0.4) is 0 Å². The second-order valence-corrected chi connectivity index (χ2v) is 8.85. The number of thioether (sulfide) groups is 1. The van der Waals surface area contributed by atoms with Crippen LogP contribution in [0.15, 0.2) is 54.2 Å². The van der Waals surface area contributed by atoms with Crippen LogP contribution >= 0.6 is 11.8 Å². The molecule has 0 spiro atoms. The molecule has 2 amide bonds. The molecule has 0 atom stereocenters. The third kappa shape index (κ3) is 6.32. The molecule has 0 radical (unpaired) electrons. The molecule has 1 aromatic heterocycles. The molecule has 3 aromatic rings. The zero-order valence-electron chi connectivity index (χ0n) is 19.4. The van der Waals surface area contributed by atoms with Crippen molar-refractivity contribution in [1.29, 1.82) is 0 Å². The van der Waals surface area contributed by atoms with Crippen molar-refractivity contribution in [2.24, 2.45) is 0 Å². The number of rotatable bonds is 9. The second kappa shape index (κ2) is 11.0. The molecule has 2 aromatic carbocycles. The minimum absolute atomic E-state index is 0.0724. The first-order valence-electron chi connectivity index (χ1n) is 10.7. The van der Waals surface area contributed by atoms with E-state index < -0.39 is 0 Å². The molecule has 7 nitrogen and oxygen atoms in total. The average molecular weight is 464 g/mol. The van der Waals surface area contributed by atoms with E-state index in [1.54, 1.807) is 6.08 Å². The lowest BCUT2D eigenvalue weighted by molar-refractivity contribution is -0.116. The smallest absolute Gasteiger partial charge is 0.234 e. The van der Waals surface area contributed by atoms with Gasteiger partial charge in [-0.15, -0.1) is 16.8 Å². The first kappa shape index (κ1) is 24.3. The summed E-state index contributed by atoms with van der Waals surface area (Å²) < 4.78 is 1.81. The van der Waals surface area contributed by atoms with E-state index in [1.165, 1.54) is 17.3 Å². The number of carbonyl (C=O) groups is 2. The maximum absolute atomic E-state index is 12.6. The number of carbonyl (C=O) groups excluding carboxylic acids is 2. The Morgan fingerprint density at radius 2 is 1.79 bits per heavy atom. The Morgan fingerprint density at radius 1 is 1.00 bits per heavy atom. The largest absolute Gasteiger partial charge is 0.326 e. The Labute approximate surface area is 198 Å². The molecule has 0 saturated heterocycles. The highest BCUT2D eigenvalue weighted by molar-refractivity contribution is 7.99. The van der Waals surface area contributed by atoms with Crippen molar-refractivity contribution in [1.82, 2.24) is 14.8 Å². The van der Waals surface area contributed by atoms with Gasteiger partial charge >= 0.3 is 0 Å². The number of hydrogen-bond acceptors (Lipinski definition) is 5. The summed E-state index contributed by atoms with van der Waals surface area (Å²) in [6.45, 7) is 12.3. The summed E-state index contributed by atoms with van der Waals surface area (Å²) in [5.41, 5.74) is 5.99. The van der Waals surface area contributed by atoms with Crippen molar-refractivity contribution in [3.63, 3.8) is 0 Å². The highest BCUT2D eigenvalue weighted by atomic mass is 32.2. The number of aromatic nitrogens is 3. The molecule has 8 heteroatoms. The van der Waals surface area contributed by atoms with Gasteiger partial charge in [-0.3, -0.25) is 9.59 Å². The number of allylic oxidation sites excluding steroid dienone is 1. The number of nitrogens with zero attached hydrogens (tertiary/aromatic N) is 3. The van der Waals surface area contributed by atoms with Crippen molar-refractivity contribution in [2.75, 3.05) is 16.4 Å². The lowest BCUT2D eigenvalue weighted by atomic mass is 10.1. The summed E-state index contributed by atoms with van der Waals surface area (Å²) in [5, 5.41) is 14.8. The fourth-order valence-corrected chi connectivity index (χ4v) is 4.01. The minimum atomic E-state index is -0.180. The van der Waals surface area contributed by atoms with Crippen LogP contribution in [-0.2, 0) is 22.6 Å². The zero-order chi connectivity index (χ0) is 24.0. The topological polar surface area (TPSA) is 88.9 Å². The van der Waals surface area contributed by atoms with Gasteiger partial charge in [-0.05, 0) is 68.1 Å². The van der Waals surface area contributed by atoms with Crippen LogP contribution in [0.25, 0.3) is 0 Å². The standard InChI is InChI=1S/C25H29N5O2S/c1-6-12-30-22(14-23(31)26-20-11-10-16(2)18(4)13-20)28-29-25(30)33-15-24(32)27-21-9-7-8-17(3)19(21)5/h6-11,13H,1,12,14-15H2,2-5H3,(H,26,31)(H,27,32). The summed E-state index contributed by atoms with van der Waals surface area (Å²) in [7, 11) is 0. The third-order valence-electron chi connectivity index (χ3n) is 5.43. The fraction of sp³-hybridized carbons (Fsp3) is 0.280. The monoisotopic (exact) mass is 463 g/mol. The van der Waals surface area contributed by atoms with Crippen LogP contribution in [-0.4, -0.2) is 32.3 Å². The Hall–Kier alpha value is -3.39. The molecule has 0 aliphatic rings. The molecule has 1 heterocycles. The minimum Gasteiger partial charge on any atom is -0.326 e. The zero-order valence-corrected chi connectivity index (χ0v) is 20.3. The van der Waals surface area contributed by atoms with Crippen LogP contribution in [0.5, 0.6) is 0 Å². The van der Waals surface area contributed by atoms with Gasteiger partial charge in [0.15, 0.2) is 5.16 Å². The number of hydrogen-bond donors (Lipinski definition) is 2. The average Bonchev–Trinajstić information content (AvgIpc) is 3.14. The van der Waals surface area contributed by atoms with Crippen molar-refractivity contribution >= 4 is 35.0 Å². The first-order chi connectivity index (χ1) is 15.8.